The lowest BCUT2D eigenvalue weighted by molar-refractivity contribution is -0.138. The van der Waals surface area contributed by atoms with Gasteiger partial charge in [-0.1, -0.05) is 0 Å². The molecule has 0 bridgehead atoms. The number of benzene rings is 1. The zero-order chi connectivity index (χ0) is 18.0. The first-order chi connectivity index (χ1) is 11.8. The summed E-state index contributed by atoms with van der Waals surface area (Å²) < 4.78 is 57.6. The molecule has 1 fully saturated rings. The largest absolute Gasteiger partial charge is 0.417 e. The summed E-state index contributed by atoms with van der Waals surface area (Å²) in [6.45, 7) is 0.0398. The maximum Gasteiger partial charge on any atom is 0.417 e. The molecule has 1 aromatic carbocycles. The fourth-order valence-electron chi connectivity index (χ4n) is 2.68. The molecule has 0 saturated carbocycles. The summed E-state index contributed by atoms with van der Waals surface area (Å²) >= 11 is 0. The smallest absolute Gasteiger partial charge is 0.365 e. The fourth-order valence-corrected chi connectivity index (χ4v) is 2.68. The molecule has 1 aliphatic heterocycles. The number of nitrogens with one attached hydrogen (secondary N) is 2. The molecule has 1 aromatic heterocycles. The number of aromatic amines is 1. The summed E-state index contributed by atoms with van der Waals surface area (Å²) in [4.78, 5) is 16.1. The van der Waals surface area contributed by atoms with Crippen molar-refractivity contribution in [1.82, 2.24) is 20.5 Å². The Morgan fingerprint density at radius 3 is 2.84 bits per heavy atom. The van der Waals surface area contributed by atoms with Gasteiger partial charge in [0, 0.05) is 6.54 Å². The quantitative estimate of drug-likeness (QED) is 0.824. The molecule has 0 spiro atoms. The average molecular weight is 358 g/mol. The van der Waals surface area contributed by atoms with E-state index in [1.54, 1.807) is 0 Å². The number of H-pyrrole nitrogens is 1. The molecule has 2 N–H and O–H groups in total. The molecule has 134 valence electrons. The molecule has 0 aliphatic carbocycles. The number of carbonyl (C=O) groups is 1. The van der Waals surface area contributed by atoms with E-state index in [2.05, 4.69) is 20.5 Å². The third-order valence-corrected chi connectivity index (χ3v) is 3.87. The molecular formula is C15H14F4N4O2. The average Bonchev–Trinajstić information content (AvgIpc) is 3.23. The first-order valence-corrected chi connectivity index (χ1v) is 7.50. The zero-order valence-electron chi connectivity index (χ0n) is 12.8. The Labute approximate surface area is 139 Å². The Bertz CT molecular complexity index is 748. The molecule has 2 heterocycles. The highest BCUT2D eigenvalue weighted by molar-refractivity contribution is 5.95. The van der Waals surface area contributed by atoms with Crippen LogP contribution < -0.4 is 5.32 Å². The maximum atomic E-state index is 13.1. The molecule has 25 heavy (non-hydrogen) atoms. The van der Waals surface area contributed by atoms with Crippen LogP contribution in [-0.2, 0) is 10.9 Å². The number of hydrogen-bond acceptors (Lipinski definition) is 4. The molecule has 0 unspecified atom stereocenters. The van der Waals surface area contributed by atoms with E-state index in [1.165, 1.54) is 6.33 Å². The van der Waals surface area contributed by atoms with Gasteiger partial charge in [-0.05, 0) is 31.0 Å². The minimum Gasteiger partial charge on any atom is -0.365 e. The van der Waals surface area contributed by atoms with E-state index in [4.69, 9.17) is 4.74 Å². The van der Waals surface area contributed by atoms with Crippen LogP contribution in [0.2, 0.25) is 0 Å². The number of halogens is 4. The Hall–Kier alpha value is -2.49. The molecule has 2 aromatic rings. The highest BCUT2D eigenvalue weighted by atomic mass is 19.4. The van der Waals surface area contributed by atoms with Crippen molar-refractivity contribution in [1.29, 1.82) is 0 Å². The minimum atomic E-state index is -4.82. The molecule has 1 saturated heterocycles. The standard InChI is InChI=1S/C15H14F4N4O2/c16-8-1-3-10(11(5-8)15(17,18)19)14(24)20-6-9-2-4-12(25-9)13-21-7-22-23-13/h1,3,5,7,9,12H,2,4,6H2,(H,20,24)(H,21,22,23)/t9-,12+/m1/s1. The third-order valence-electron chi connectivity index (χ3n) is 3.87. The normalized spacial score (nSPS) is 20.6. The van der Waals surface area contributed by atoms with Crippen molar-refractivity contribution in [2.75, 3.05) is 6.54 Å². The number of aromatic nitrogens is 3. The van der Waals surface area contributed by atoms with Crippen molar-refractivity contribution < 1.29 is 27.1 Å². The number of ether oxygens (including phenoxy) is 1. The van der Waals surface area contributed by atoms with Crippen molar-refractivity contribution in [3.05, 3.63) is 47.3 Å². The lowest BCUT2D eigenvalue weighted by Gasteiger charge is -2.15. The minimum absolute atomic E-state index is 0.0398. The van der Waals surface area contributed by atoms with Gasteiger partial charge in [0.25, 0.3) is 5.91 Å². The first-order valence-electron chi connectivity index (χ1n) is 7.50. The predicted molar refractivity (Wildman–Crippen MR) is 77.0 cm³/mol. The monoisotopic (exact) mass is 358 g/mol. The summed E-state index contributed by atoms with van der Waals surface area (Å²) in [6.07, 6.45) is -2.85. The summed E-state index contributed by atoms with van der Waals surface area (Å²) in [6, 6.07) is 1.94. The van der Waals surface area contributed by atoms with Crippen LogP contribution in [0.25, 0.3) is 0 Å². The lowest BCUT2D eigenvalue weighted by Crippen LogP contribution is -2.33. The van der Waals surface area contributed by atoms with Gasteiger partial charge in [0.15, 0.2) is 5.82 Å². The Kier molecular flexibility index (Phi) is 4.71. The molecular weight excluding hydrogens is 344 g/mol. The van der Waals surface area contributed by atoms with Gasteiger partial charge in [-0.3, -0.25) is 9.89 Å². The van der Waals surface area contributed by atoms with Crippen LogP contribution in [0.5, 0.6) is 0 Å². The highest BCUT2D eigenvalue weighted by Crippen LogP contribution is 2.33. The summed E-state index contributed by atoms with van der Waals surface area (Å²) in [5.74, 6) is -1.43. The molecule has 1 aliphatic rings. The molecule has 2 atom stereocenters. The molecule has 3 rings (SSSR count). The van der Waals surface area contributed by atoms with Gasteiger partial charge >= 0.3 is 6.18 Å². The van der Waals surface area contributed by atoms with Gasteiger partial charge in [-0.15, -0.1) is 0 Å². The van der Waals surface area contributed by atoms with E-state index in [-0.39, 0.29) is 18.8 Å². The van der Waals surface area contributed by atoms with Gasteiger partial charge in [0.05, 0.1) is 17.2 Å². The molecule has 10 heteroatoms. The van der Waals surface area contributed by atoms with Crippen molar-refractivity contribution in [2.45, 2.75) is 31.2 Å². The first kappa shape index (κ1) is 17.3. The summed E-state index contributed by atoms with van der Waals surface area (Å²) in [5, 5.41) is 8.81. The van der Waals surface area contributed by atoms with Crippen molar-refractivity contribution >= 4 is 5.91 Å². The van der Waals surface area contributed by atoms with E-state index in [9.17, 15) is 22.4 Å². The number of amides is 1. The predicted octanol–water partition coefficient (Wildman–Crippen LogP) is 2.61. The van der Waals surface area contributed by atoms with Crippen LogP contribution >= 0.6 is 0 Å². The van der Waals surface area contributed by atoms with Crippen LogP contribution in [0.1, 0.15) is 40.7 Å². The Balaban J connectivity index is 1.62. The van der Waals surface area contributed by atoms with E-state index < -0.39 is 29.0 Å². The van der Waals surface area contributed by atoms with E-state index >= 15 is 0 Å². The van der Waals surface area contributed by atoms with Crippen LogP contribution in [0.3, 0.4) is 0 Å². The van der Waals surface area contributed by atoms with Gasteiger partial charge in [0.2, 0.25) is 0 Å². The fraction of sp³-hybridized carbons (Fsp3) is 0.400. The Morgan fingerprint density at radius 1 is 1.36 bits per heavy atom. The van der Waals surface area contributed by atoms with Crippen LogP contribution in [0.4, 0.5) is 17.6 Å². The van der Waals surface area contributed by atoms with E-state index in [1.807, 2.05) is 0 Å². The zero-order valence-corrected chi connectivity index (χ0v) is 12.8. The van der Waals surface area contributed by atoms with Gasteiger partial charge < -0.3 is 10.1 Å². The summed E-state index contributed by atoms with van der Waals surface area (Å²) in [7, 11) is 0. The topological polar surface area (TPSA) is 79.9 Å². The van der Waals surface area contributed by atoms with Crippen LogP contribution in [0.15, 0.2) is 24.5 Å². The van der Waals surface area contributed by atoms with Gasteiger partial charge in [-0.25, -0.2) is 9.37 Å². The van der Waals surface area contributed by atoms with E-state index in [0.29, 0.717) is 24.7 Å². The third kappa shape index (κ3) is 3.95. The highest BCUT2D eigenvalue weighted by Gasteiger charge is 2.36. The van der Waals surface area contributed by atoms with Crippen molar-refractivity contribution in [3.8, 4) is 0 Å². The second-order valence-corrected chi connectivity index (χ2v) is 5.59. The molecule has 1 amide bonds. The summed E-state index contributed by atoms with van der Waals surface area (Å²) in [5.41, 5.74) is -1.93. The van der Waals surface area contributed by atoms with E-state index in [0.717, 1.165) is 12.1 Å². The van der Waals surface area contributed by atoms with Crippen molar-refractivity contribution in [2.24, 2.45) is 0 Å². The number of hydrogen-bond donors (Lipinski definition) is 2. The van der Waals surface area contributed by atoms with Crippen molar-refractivity contribution in [3.63, 3.8) is 0 Å². The number of rotatable bonds is 4. The lowest BCUT2D eigenvalue weighted by atomic mass is 10.1. The molecule has 6 nitrogen and oxygen atoms in total. The maximum absolute atomic E-state index is 13.1. The number of carbonyl (C=O) groups excluding carboxylic acids is 1. The van der Waals surface area contributed by atoms with Gasteiger partial charge in [0.1, 0.15) is 18.2 Å². The second kappa shape index (κ2) is 6.79. The van der Waals surface area contributed by atoms with Gasteiger partial charge in [-0.2, -0.15) is 18.3 Å². The number of nitrogens with zero attached hydrogens (tertiary/aromatic N) is 2. The van der Waals surface area contributed by atoms with Crippen LogP contribution in [-0.4, -0.2) is 33.7 Å². The Morgan fingerprint density at radius 2 is 2.16 bits per heavy atom. The molecule has 0 radical (unpaired) electrons. The SMILES string of the molecule is O=C(NC[C@H]1CC[C@@H](c2ncn[nH]2)O1)c1ccc(F)cc1C(F)(F)F. The van der Waals surface area contributed by atoms with Crippen LogP contribution in [0, 0.1) is 5.82 Å². The second-order valence-electron chi connectivity index (χ2n) is 5.59. The number of alkyl halides is 3.